The molecule has 0 bridgehead atoms. The summed E-state index contributed by atoms with van der Waals surface area (Å²) in [5.41, 5.74) is 2.35. The number of rotatable bonds is 9. The second-order valence-corrected chi connectivity index (χ2v) is 6.76. The van der Waals surface area contributed by atoms with Crippen molar-refractivity contribution in [3.8, 4) is 5.75 Å². The van der Waals surface area contributed by atoms with E-state index in [0.29, 0.717) is 40.1 Å². The van der Waals surface area contributed by atoms with Gasteiger partial charge in [-0.15, -0.1) is 0 Å². The molecule has 0 aliphatic rings. The second-order valence-electron chi connectivity index (χ2n) is 5.91. The zero-order valence-corrected chi connectivity index (χ0v) is 17.6. The van der Waals surface area contributed by atoms with E-state index >= 15 is 0 Å². The molecule has 0 unspecified atom stereocenters. The lowest BCUT2D eigenvalue weighted by Crippen LogP contribution is -2.15. The molecule has 0 saturated carbocycles. The number of nitrogens with zero attached hydrogens (tertiary/aromatic N) is 1. The smallest absolute Gasteiger partial charge is 0.197 e. The van der Waals surface area contributed by atoms with Crippen LogP contribution in [-0.4, -0.2) is 24.7 Å². The number of ether oxygens (including phenoxy) is 2. The molecule has 0 saturated heterocycles. The molecule has 0 aliphatic carbocycles. The lowest BCUT2D eigenvalue weighted by atomic mass is 9.97. The molecule has 0 spiro atoms. The summed E-state index contributed by atoms with van der Waals surface area (Å²) in [6, 6.07) is 12.6. The number of oxime groups is 1. The van der Waals surface area contributed by atoms with Crippen molar-refractivity contribution < 1.29 is 19.1 Å². The van der Waals surface area contributed by atoms with Crippen molar-refractivity contribution >= 4 is 27.4 Å². The quantitative estimate of drug-likeness (QED) is 0.226. The Kier molecular flexibility index (Phi) is 8.16. The number of hydrogen-bond acceptors (Lipinski definition) is 5. The molecule has 0 aliphatic heterocycles. The molecule has 144 valence electrons. The third kappa shape index (κ3) is 5.48. The van der Waals surface area contributed by atoms with Gasteiger partial charge in [-0.2, -0.15) is 0 Å². The van der Waals surface area contributed by atoms with Crippen LogP contribution in [0.4, 0.5) is 0 Å². The minimum absolute atomic E-state index is 0.185. The van der Waals surface area contributed by atoms with Crippen LogP contribution < -0.4 is 4.84 Å². The number of ketones is 1. The van der Waals surface area contributed by atoms with Crippen molar-refractivity contribution in [2.75, 3.05) is 13.2 Å². The molecule has 2 aromatic rings. The summed E-state index contributed by atoms with van der Waals surface area (Å²) in [7, 11) is 0. The Morgan fingerprint density at radius 3 is 2.26 bits per heavy atom. The summed E-state index contributed by atoms with van der Waals surface area (Å²) in [4.78, 5) is 18.9. The Labute approximate surface area is 168 Å². The number of halogens is 1. The van der Waals surface area contributed by atoms with E-state index in [0.717, 1.165) is 5.71 Å². The predicted molar refractivity (Wildman–Crippen MR) is 109 cm³/mol. The monoisotopic (exact) mass is 433 g/mol. The average molecular weight is 434 g/mol. The molecule has 0 heterocycles. The first-order valence-corrected chi connectivity index (χ1v) is 9.62. The van der Waals surface area contributed by atoms with Crippen LogP contribution in [0.3, 0.4) is 0 Å². The van der Waals surface area contributed by atoms with E-state index in [1.54, 1.807) is 18.2 Å². The minimum Gasteiger partial charge on any atom is -0.355 e. The lowest BCUT2D eigenvalue weighted by Gasteiger charge is -2.20. The topological polar surface area (TPSA) is 57.1 Å². The Balaban J connectivity index is 2.50. The lowest BCUT2D eigenvalue weighted by molar-refractivity contribution is -0.140. The third-order valence-corrected chi connectivity index (χ3v) is 4.25. The minimum atomic E-state index is -0.604. The van der Waals surface area contributed by atoms with Crippen molar-refractivity contribution in [2.24, 2.45) is 5.16 Å². The van der Waals surface area contributed by atoms with E-state index in [2.05, 4.69) is 21.1 Å². The number of hydrogen-bond donors (Lipinski definition) is 0. The van der Waals surface area contributed by atoms with E-state index in [9.17, 15) is 4.79 Å². The number of carbonyl (C=O) groups is 1. The first-order chi connectivity index (χ1) is 13.0. The molecule has 0 amide bonds. The summed E-state index contributed by atoms with van der Waals surface area (Å²) < 4.78 is 12.0. The second kappa shape index (κ2) is 10.3. The van der Waals surface area contributed by atoms with Gasteiger partial charge in [0.2, 0.25) is 0 Å². The van der Waals surface area contributed by atoms with Gasteiger partial charge in [0.25, 0.3) is 0 Å². The molecule has 6 heteroatoms. The summed E-state index contributed by atoms with van der Waals surface area (Å²) in [5.74, 6) is 0.193. The number of para-hydroxylation sites is 1. The Bertz CT molecular complexity index is 810. The third-order valence-electron chi connectivity index (χ3n) is 3.63. The van der Waals surface area contributed by atoms with Crippen molar-refractivity contribution in [1.82, 2.24) is 0 Å². The zero-order chi connectivity index (χ0) is 19.8. The fourth-order valence-electron chi connectivity index (χ4n) is 2.50. The van der Waals surface area contributed by atoms with Gasteiger partial charge in [-0.25, -0.2) is 0 Å². The Morgan fingerprint density at radius 1 is 1.00 bits per heavy atom. The summed E-state index contributed by atoms with van der Waals surface area (Å²) in [5, 5.41) is 3.99. The van der Waals surface area contributed by atoms with Gasteiger partial charge in [-0.05, 0) is 55.8 Å². The van der Waals surface area contributed by atoms with Crippen LogP contribution in [0.15, 0.2) is 52.1 Å². The molecule has 0 aromatic heterocycles. The predicted octanol–water partition coefficient (Wildman–Crippen LogP) is 5.53. The van der Waals surface area contributed by atoms with Crippen molar-refractivity contribution in [2.45, 2.75) is 34.0 Å². The van der Waals surface area contributed by atoms with Gasteiger partial charge in [0.1, 0.15) is 0 Å². The standard InChI is InChI=1S/C21H24BrNO4/c1-5-25-21(26-6-2)16-11-8-7-10-15(16)19(24)17-12-9-13-18(22)20(17)27-23-14(3)4/h7-13,21H,5-6H2,1-4H3. The van der Waals surface area contributed by atoms with Gasteiger partial charge in [0, 0.05) is 24.3 Å². The number of benzene rings is 2. The van der Waals surface area contributed by atoms with Crippen LogP contribution >= 0.6 is 15.9 Å². The van der Waals surface area contributed by atoms with Gasteiger partial charge in [0.15, 0.2) is 17.8 Å². The van der Waals surface area contributed by atoms with Gasteiger partial charge < -0.3 is 14.3 Å². The summed E-state index contributed by atoms with van der Waals surface area (Å²) >= 11 is 3.44. The van der Waals surface area contributed by atoms with Crippen LogP contribution in [0.1, 0.15) is 55.5 Å². The zero-order valence-electron chi connectivity index (χ0n) is 16.0. The highest BCUT2D eigenvalue weighted by Crippen LogP contribution is 2.33. The highest BCUT2D eigenvalue weighted by atomic mass is 79.9. The first kappa shape index (κ1) is 21.3. The number of carbonyl (C=O) groups excluding carboxylic acids is 1. The van der Waals surface area contributed by atoms with Crippen molar-refractivity contribution in [3.63, 3.8) is 0 Å². The average Bonchev–Trinajstić information content (AvgIpc) is 2.66. The largest absolute Gasteiger partial charge is 0.355 e. The summed E-state index contributed by atoms with van der Waals surface area (Å²) in [6.45, 7) is 8.38. The van der Waals surface area contributed by atoms with Gasteiger partial charge in [-0.1, -0.05) is 35.5 Å². The maximum atomic E-state index is 13.3. The molecule has 5 nitrogen and oxygen atoms in total. The summed E-state index contributed by atoms with van der Waals surface area (Å²) in [6.07, 6.45) is -0.604. The highest BCUT2D eigenvalue weighted by Gasteiger charge is 2.24. The Morgan fingerprint density at radius 2 is 1.63 bits per heavy atom. The maximum Gasteiger partial charge on any atom is 0.197 e. The van der Waals surface area contributed by atoms with Crippen molar-refractivity contribution in [3.05, 3.63) is 63.6 Å². The van der Waals surface area contributed by atoms with E-state index in [4.69, 9.17) is 14.3 Å². The van der Waals surface area contributed by atoms with Crippen LogP contribution in [0, 0.1) is 0 Å². The maximum absolute atomic E-state index is 13.3. The van der Waals surface area contributed by atoms with Crippen LogP contribution in [0.25, 0.3) is 0 Å². The van der Waals surface area contributed by atoms with E-state index in [1.165, 1.54) is 0 Å². The van der Waals surface area contributed by atoms with Crippen LogP contribution in [0.2, 0.25) is 0 Å². The normalized spacial score (nSPS) is 10.7. The molecule has 0 N–H and O–H groups in total. The molecule has 0 fully saturated rings. The fraction of sp³-hybridized carbons (Fsp3) is 0.333. The molecular weight excluding hydrogens is 410 g/mol. The fourth-order valence-corrected chi connectivity index (χ4v) is 2.94. The van der Waals surface area contributed by atoms with Gasteiger partial charge >= 0.3 is 0 Å². The van der Waals surface area contributed by atoms with Gasteiger partial charge in [-0.3, -0.25) is 4.79 Å². The molecule has 2 rings (SSSR count). The van der Waals surface area contributed by atoms with Crippen LogP contribution in [0.5, 0.6) is 5.75 Å². The molecule has 27 heavy (non-hydrogen) atoms. The molecule has 0 radical (unpaired) electrons. The molecule has 0 atom stereocenters. The molecule has 2 aromatic carbocycles. The first-order valence-electron chi connectivity index (χ1n) is 8.83. The highest BCUT2D eigenvalue weighted by molar-refractivity contribution is 9.10. The van der Waals surface area contributed by atoms with Crippen LogP contribution in [-0.2, 0) is 9.47 Å². The molecular formula is C21H24BrNO4. The Hall–Kier alpha value is -2.02. The SMILES string of the molecule is CCOC(OCC)c1ccccc1C(=O)c1cccc(Br)c1ON=C(C)C. The van der Waals surface area contributed by atoms with Gasteiger partial charge in [0.05, 0.1) is 15.7 Å². The van der Waals surface area contributed by atoms with E-state index in [1.807, 2.05) is 52.0 Å². The van der Waals surface area contributed by atoms with E-state index in [-0.39, 0.29) is 5.78 Å². The van der Waals surface area contributed by atoms with E-state index < -0.39 is 6.29 Å². The van der Waals surface area contributed by atoms with Crippen molar-refractivity contribution in [1.29, 1.82) is 0 Å².